The van der Waals surface area contributed by atoms with Crippen LogP contribution in [0.3, 0.4) is 0 Å². The number of rotatable bonds is 6. The minimum absolute atomic E-state index is 0.0175. The third-order valence-corrected chi connectivity index (χ3v) is 5.43. The highest BCUT2D eigenvalue weighted by Gasteiger charge is 2.41. The fraction of sp³-hybridized carbons (Fsp3) is 0.304. The van der Waals surface area contributed by atoms with Crippen molar-refractivity contribution < 1.29 is 29.0 Å². The monoisotopic (exact) mass is 394 g/mol. The maximum Gasteiger partial charge on any atom is 0.303 e. The third kappa shape index (κ3) is 3.29. The average molecular weight is 394 g/mol. The first-order chi connectivity index (χ1) is 13.8. The number of fused-ring (bicyclic) bond motifs is 4. The van der Waals surface area contributed by atoms with Crippen LogP contribution in [-0.2, 0) is 10.2 Å². The summed E-state index contributed by atoms with van der Waals surface area (Å²) in [6.45, 7) is 3.99. The minimum atomic E-state index is -0.959. The van der Waals surface area contributed by atoms with Crippen LogP contribution in [0.1, 0.15) is 53.9 Å². The van der Waals surface area contributed by atoms with E-state index in [1.807, 2.05) is 38.1 Å². The topological polar surface area (TPSA) is 97.0 Å². The lowest BCUT2D eigenvalue weighted by Gasteiger charge is -2.31. The van der Waals surface area contributed by atoms with Crippen LogP contribution >= 0.6 is 0 Å². The maximum absolute atomic E-state index is 13.2. The van der Waals surface area contributed by atoms with Crippen LogP contribution in [0.4, 0.5) is 0 Å². The minimum Gasteiger partial charge on any atom is -0.491 e. The van der Waals surface area contributed by atoms with Crippen molar-refractivity contribution in [2.45, 2.75) is 38.2 Å². The van der Waals surface area contributed by atoms with Crippen molar-refractivity contribution in [2.75, 3.05) is 6.61 Å². The number of furan rings is 1. The van der Waals surface area contributed by atoms with Gasteiger partial charge in [-0.15, -0.1) is 0 Å². The largest absolute Gasteiger partial charge is 0.491 e. The lowest BCUT2D eigenvalue weighted by Crippen LogP contribution is -2.29. The molecule has 1 aliphatic rings. The van der Waals surface area contributed by atoms with Crippen LogP contribution in [0.25, 0.3) is 11.0 Å². The summed E-state index contributed by atoms with van der Waals surface area (Å²) >= 11 is 0. The highest BCUT2D eigenvalue weighted by molar-refractivity contribution is 6.19. The number of carbonyl (C=O) groups is 2. The Morgan fingerprint density at radius 1 is 1.21 bits per heavy atom. The van der Waals surface area contributed by atoms with E-state index in [4.69, 9.17) is 14.3 Å². The Morgan fingerprint density at radius 2 is 1.97 bits per heavy atom. The molecule has 0 saturated heterocycles. The number of aliphatic hydroxyl groups excluding tert-OH is 1. The molecule has 1 heterocycles. The van der Waals surface area contributed by atoms with Crippen molar-refractivity contribution in [2.24, 2.45) is 0 Å². The van der Waals surface area contributed by atoms with Crippen LogP contribution in [0.5, 0.6) is 5.75 Å². The Bertz CT molecular complexity index is 1110. The number of carboxylic acid groups (broad SMARTS) is 1. The SMILES string of the molecule is CC1(C)c2cc(OC[C@H](O)CCC(=O)O)ccc2C(=O)c2c1oc1ccccc21. The molecule has 0 amide bonds. The molecule has 150 valence electrons. The number of benzene rings is 2. The second-order valence-corrected chi connectivity index (χ2v) is 7.86. The molecule has 0 bridgehead atoms. The normalized spacial score (nSPS) is 15.6. The molecule has 1 aliphatic carbocycles. The number of carbonyl (C=O) groups excluding carboxylic acids is 1. The predicted octanol–water partition coefficient (Wildman–Crippen LogP) is 3.91. The molecule has 0 unspecified atom stereocenters. The van der Waals surface area contributed by atoms with E-state index in [-0.39, 0.29) is 25.2 Å². The number of ether oxygens (including phenoxy) is 1. The second kappa shape index (κ2) is 7.04. The zero-order valence-corrected chi connectivity index (χ0v) is 16.3. The number of hydrogen-bond donors (Lipinski definition) is 2. The molecule has 0 fully saturated rings. The predicted molar refractivity (Wildman–Crippen MR) is 107 cm³/mol. The molecule has 1 atom stereocenters. The van der Waals surface area contributed by atoms with E-state index < -0.39 is 17.5 Å². The highest BCUT2D eigenvalue weighted by atomic mass is 16.5. The Kier molecular flexibility index (Phi) is 4.67. The zero-order chi connectivity index (χ0) is 20.8. The number of ketones is 1. The molecule has 29 heavy (non-hydrogen) atoms. The van der Waals surface area contributed by atoms with Gasteiger partial charge in [-0.2, -0.15) is 0 Å². The summed E-state index contributed by atoms with van der Waals surface area (Å²) in [6.07, 6.45) is -0.878. The molecule has 6 nitrogen and oxygen atoms in total. The highest BCUT2D eigenvalue weighted by Crippen LogP contribution is 2.46. The fourth-order valence-corrected chi connectivity index (χ4v) is 3.86. The molecule has 0 saturated carbocycles. The van der Waals surface area contributed by atoms with E-state index >= 15 is 0 Å². The van der Waals surface area contributed by atoms with Gasteiger partial charge in [-0.1, -0.05) is 18.2 Å². The molecule has 2 aromatic carbocycles. The van der Waals surface area contributed by atoms with Crippen molar-refractivity contribution in [3.05, 3.63) is 64.9 Å². The van der Waals surface area contributed by atoms with Gasteiger partial charge < -0.3 is 19.4 Å². The van der Waals surface area contributed by atoms with Gasteiger partial charge in [-0.25, -0.2) is 0 Å². The first-order valence-corrected chi connectivity index (χ1v) is 9.53. The third-order valence-electron chi connectivity index (χ3n) is 5.43. The number of hydrogen-bond acceptors (Lipinski definition) is 5. The molecule has 6 heteroatoms. The van der Waals surface area contributed by atoms with Gasteiger partial charge >= 0.3 is 5.97 Å². The number of aliphatic hydroxyl groups is 1. The summed E-state index contributed by atoms with van der Waals surface area (Å²) < 4.78 is 11.7. The Labute approximate surface area is 167 Å². The molecule has 2 N–H and O–H groups in total. The van der Waals surface area contributed by atoms with Crippen LogP contribution in [-0.4, -0.2) is 34.7 Å². The van der Waals surface area contributed by atoms with Gasteiger partial charge in [0.1, 0.15) is 23.7 Å². The average Bonchev–Trinajstić information content (AvgIpc) is 3.10. The number of carboxylic acids is 1. The van der Waals surface area contributed by atoms with E-state index in [0.717, 1.165) is 10.9 Å². The van der Waals surface area contributed by atoms with Crippen LogP contribution in [0.2, 0.25) is 0 Å². The zero-order valence-electron chi connectivity index (χ0n) is 16.3. The molecule has 0 radical (unpaired) electrons. The van der Waals surface area contributed by atoms with Gasteiger partial charge in [0.05, 0.1) is 11.7 Å². The summed E-state index contributed by atoms with van der Waals surface area (Å²) in [6, 6.07) is 12.8. The van der Waals surface area contributed by atoms with Crippen LogP contribution in [0.15, 0.2) is 46.9 Å². The molecule has 3 aromatic rings. The van der Waals surface area contributed by atoms with E-state index in [1.165, 1.54) is 0 Å². The fourth-order valence-electron chi connectivity index (χ4n) is 3.86. The summed E-state index contributed by atoms with van der Waals surface area (Å²) in [5, 5.41) is 19.4. The van der Waals surface area contributed by atoms with Crippen molar-refractivity contribution in [3.8, 4) is 5.75 Å². The van der Waals surface area contributed by atoms with Crippen LogP contribution in [0, 0.1) is 0 Å². The second-order valence-electron chi connectivity index (χ2n) is 7.86. The van der Waals surface area contributed by atoms with Gasteiger partial charge in [0.2, 0.25) is 0 Å². The van der Waals surface area contributed by atoms with Gasteiger partial charge in [0.15, 0.2) is 5.78 Å². The molecule has 4 rings (SSSR count). The quantitative estimate of drug-likeness (QED) is 0.658. The summed E-state index contributed by atoms with van der Waals surface area (Å²) in [5.74, 6) is 0.112. The summed E-state index contributed by atoms with van der Waals surface area (Å²) in [5.41, 5.74) is 2.15. The lowest BCUT2D eigenvalue weighted by molar-refractivity contribution is -0.137. The van der Waals surface area contributed by atoms with E-state index in [9.17, 15) is 14.7 Å². The summed E-state index contributed by atoms with van der Waals surface area (Å²) in [4.78, 5) is 23.8. The standard InChI is InChI=1S/C23H22O6/c1-23(2)17-11-14(28-12-13(24)7-10-19(25)26)8-9-15(17)21(27)20-16-5-3-4-6-18(16)29-22(20)23/h3-6,8-9,11,13,24H,7,10,12H2,1-2H3,(H,25,26)/t13-/m1/s1. The van der Waals surface area contributed by atoms with E-state index in [2.05, 4.69) is 0 Å². The van der Waals surface area contributed by atoms with Crippen molar-refractivity contribution >= 4 is 22.7 Å². The number of aliphatic carboxylic acids is 1. The molecule has 0 spiro atoms. The van der Waals surface area contributed by atoms with E-state index in [1.54, 1.807) is 18.2 Å². The molecular formula is C23H22O6. The van der Waals surface area contributed by atoms with Gasteiger partial charge in [-0.05, 0) is 50.1 Å². The van der Waals surface area contributed by atoms with Crippen LogP contribution < -0.4 is 4.74 Å². The first kappa shape index (κ1) is 19.2. The molecule has 1 aromatic heterocycles. The van der Waals surface area contributed by atoms with Crippen molar-refractivity contribution in [1.29, 1.82) is 0 Å². The smallest absolute Gasteiger partial charge is 0.303 e. The Balaban J connectivity index is 1.65. The number of para-hydroxylation sites is 1. The van der Waals surface area contributed by atoms with Gasteiger partial charge in [0, 0.05) is 22.8 Å². The molecule has 0 aliphatic heterocycles. The Hall–Kier alpha value is -3.12. The van der Waals surface area contributed by atoms with Crippen molar-refractivity contribution in [1.82, 2.24) is 0 Å². The lowest BCUT2D eigenvalue weighted by atomic mass is 9.72. The Morgan fingerprint density at radius 3 is 2.72 bits per heavy atom. The van der Waals surface area contributed by atoms with Crippen molar-refractivity contribution in [3.63, 3.8) is 0 Å². The maximum atomic E-state index is 13.2. The van der Waals surface area contributed by atoms with Gasteiger partial charge in [0.25, 0.3) is 0 Å². The molecular weight excluding hydrogens is 372 g/mol. The van der Waals surface area contributed by atoms with E-state index in [0.29, 0.717) is 28.2 Å². The van der Waals surface area contributed by atoms with Gasteiger partial charge in [-0.3, -0.25) is 9.59 Å². The summed E-state index contributed by atoms with van der Waals surface area (Å²) in [7, 11) is 0. The first-order valence-electron chi connectivity index (χ1n) is 9.53.